The first-order valence-electron chi connectivity index (χ1n) is 26.2. The molecular formula is C64H67BrO11. The molecule has 396 valence electrons. The fourth-order valence-electron chi connectivity index (χ4n) is 10.1. The van der Waals surface area contributed by atoms with E-state index in [4.69, 9.17) is 52.1 Å². The van der Waals surface area contributed by atoms with Crippen molar-refractivity contribution < 1.29 is 52.1 Å². The average molecular weight is 1090 g/mol. The van der Waals surface area contributed by atoms with Crippen LogP contribution < -0.4 is 0 Å². The van der Waals surface area contributed by atoms with Gasteiger partial charge in [0.1, 0.15) is 61.0 Å². The summed E-state index contributed by atoms with van der Waals surface area (Å²) in [6.45, 7) is 5.90. The Morgan fingerprint density at radius 1 is 0.355 bits per heavy atom. The zero-order valence-electron chi connectivity index (χ0n) is 43.0. The van der Waals surface area contributed by atoms with Crippen LogP contribution in [0.2, 0.25) is 0 Å². The lowest BCUT2D eigenvalue weighted by atomic mass is 9.83. The third-order valence-electron chi connectivity index (χ3n) is 13.8. The van der Waals surface area contributed by atoms with E-state index in [9.17, 15) is 0 Å². The number of halogens is 1. The molecule has 0 N–H and O–H groups in total. The van der Waals surface area contributed by atoms with E-state index < -0.39 is 73.1 Å². The van der Waals surface area contributed by atoms with Crippen LogP contribution in [0.1, 0.15) is 52.8 Å². The molecule has 7 aromatic carbocycles. The van der Waals surface area contributed by atoms with Crippen molar-refractivity contribution in [2.24, 2.45) is 0 Å². The van der Waals surface area contributed by atoms with Crippen molar-refractivity contribution in [1.29, 1.82) is 0 Å². The normalized spacial score (nSPS) is 26.0. The standard InChI is InChI=1S/C64H67BrO11/c1-64(2)75-60-58(71-43-51-33-35-52(65)36-34-51)56(69-40-48-27-15-6-16-28-48)57(70-41-49-29-17-7-18-30-49)59(61(60)76-64)74-63-62(72-42-50-31-19-8-20-32-50)55(68-39-47-25-13-5-14-26-47)54(67-38-46-23-11-4-12-24-46)53(73-63)44-66-37-45-21-9-3-10-22-45/h3-36,53-63H,37-44H2,1-2H3/t53-,54-,55+,56+,57-,58+,59+,60-,61-,62+,63-/m1/s1. The Balaban J connectivity index is 1.06. The number of ether oxygens (including phenoxy) is 11. The molecule has 0 spiro atoms. The Morgan fingerprint density at radius 2 is 0.671 bits per heavy atom. The summed E-state index contributed by atoms with van der Waals surface area (Å²) in [4.78, 5) is 0. The van der Waals surface area contributed by atoms with Gasteiger partial charge in [-0.2, -0.15) is 0 Å². The van der Waals surface area contributed by atoms with Gasteiger partial charge in [0.05, 0.1) is 52.9 Å². The van der Waals surface area contributed by atoms with E-state index in [1.54, 1.807) is 0 Å². The van der Waals surface area contributed by atoms with Crippen molar-refractivity contribution in [2.75, 3.05) is 6.61 Å². The highest BCUT2D eigenvalue weighted by Crippen LogP contribution is 2.44. The fourth-order valence-corrected chi connectivity index (χ4v) is 10.4. The maximum absolute atomic E-state index is 7.63. The summed E-state index contributed by atoms with van der Waals surface area (Å²) in [6.07, 6.45) is -8.60. The maximum Gasteiger partial charge on any atom is 0.187 e. The van der Waals surface area contributed by atoms with E-state index >= 15 is 0 Å². The van der Waals surface area contributed by atoms with Gasteiger partial charge in [-0.05, 0) is 64.9 Å². The van der Waals surface area contributed by atoms with Crippen LogP contribution in [-0.2, 0) is 98.4 Å². The number of hydrogen-bond acceptors (Lipinski definition) is 11. The van der Waals surface area contributed by atoms with E-state index in [1.807, 2.05) is 220 Å². The van der Waals surface area contributed by atoms with Crippen molar-refractivity contribution >= 4 is 15.9 Å². The first kappa shape index (κ1) is 54.0. The van der Waals surface area contributed by atoms with Gasteiger partial charge in [0.15, 0.2) is 12.1 Å². The molecule has 0 aromatic heterocycles. The first-order chi connectivity index (χ1) is 37.3. The number of hydrogen-bond donors (Lipinski definition) is 0. The second-order valence-electron chi connectivity index (χ2n) is 19.9. The zero-order valence-corrected chi connectivity index (χ0v) is 44.6. The predicted octanol–water partition coefficient (Wildman–Crippen LogP) is 12.1. The molecule has 1 aliphatic carbocycles. The van der Waals surface area contributed by atoms with Crippen molar-refractivity contribution in [2.45, 2.75) is 133 Å². The van der Waals surface area contributed by atoms with Gasteiger partial charge in [0.25, 0.3) is 0 Å². The molecule has 2 heterocycles. The van der Waals surface area contributed by atoms with Crippen LogP contribution in [0.4, 0.5) is 0 Å². The van der Waals surface area contributed by atoms with E-state index in [0.29, 0.717) is 6.61 Å². The third kappa shape index (κ3) is 14.6. The minimum atomic E-state index is -1.10. The summed E-state index contributed by atoms with van der Waals surface area (Å²) in [7, 11) is 0. The van der Waals surface area contributed by atoms with Crippen LogP contribution >= 0.6 is 15.9 Å². The highest BCUT2D eigenvalue weighted by atomic mass is 79.9. The van der Waals surface area contributed by atoms with Gasteiger partial charge >= 0.3 is 0 Å². The Bertz CT molecular complexity index is 2760. The van der Waals surface area contributed by atoms with E-state index in [2.05, 4.69) is 15.9 Å². The van der Waals surface area contributed by atoms with Crippen LogP contribution in [0.3, 0.4) is 0 Å². The number of rotatable bonds is 24. The summed E-state index contributed by atoms with van der Waals surface area (Å²) >= 11 is 3.59. The van der Waals surface area contributed by atoms with Gasteiger partial charge in [-0.1, -0.05) is 210 Å². The Hall–Kier alpha value is -5.42. The Kier molecular flexibility index (Phi) is 19.0. The SMILES string of the molecule is CC1(C)O[C@@H]2[C@@H](OCc3ccc(Br)cc3)[C@@H](OCc3ccccc3)[C@@H](OCc3ccccc3)[C@H](O[C@H]3O[C@H](COCc4ccccc4)[C@@H](OCc4ccccc4)[C@H](OCc4ccccc4)[C@@H]3OCc3ccccc3)[C@H]2O1. The van der Waals surface area contributed by atoms with Gasteiger partial charge in [-0.25, -0.2) is 0 Å². The predicted molar refractivity (Wildman–Crippen MR) is 291 cm³/mol. The van der Waals surface area contributed by atoms with Crippen molar-refractivity contribution in [3.05, 3.63) is 250 Å². The Morgan fingerprint density at radius 3 is 1.09 bits per heavy atom. The van der Waals surface area contributed by atoms with Crippen molar-refractivity contribution in [3.63, 3.8) is 0 Å². The zero-order chi connectivity index (χ0) is 51.9. The topological polar surface area (TPSA) is 102 Å². The molecule has 10 rings (SSSR count). The summed E-state index contributed by atoms with van der Waals surface area (Å²) in [6, 6.07) is 68.7. The van der Waals surface area contributed by atoms with E-state index in [0.717, 1.165) is 43.4 Å². The average Bonchev–Trinajstić information content (AvgIpc) is 3.88. The maximum atomic E-state index is 7.63. The number of fused-ring (bicyclic) bond motifs is 1. The minimum absolute atomic E-state index is 0.150. The lowest BCUT2D eigenvalue weighted by Gasteiger charge is -2.50. The van der Waals surface area contributed by atoms with Crippen LogP contribution in [0.5, 0.6) is 0 Å². The summed E-state index contributed by atoms with van der Waals surface area (Å²) < 4.78 is 79.1. The third-order valence-corrected chi connectivity index (χ3v) is 14.4. The van der Waals surface area contributed by atoms with E-state index in [1.165, 1.54) is 0 Å². The molecule has 2 aliphatic heterocycles. The molecule has 76 heavy (non-hydrogen) atoms. The quantitative estimate of drug-likeness (QED) is 0.0578. The fraction of sp³-hybridized carbons (Fsp3) is 0.344. The highest BCUT2D eigenvalue weighted by molar-refractivity contribution is 9.10. The summed E-state index contributed by atoms with van der Waals surface area (Å²) in [5.74, 6) is -1.05. The van der Waals surface area contributed by atoms with Gasteiger partial charge in [-0.3, -0.25) is 0 Å². The molecular weight excluding hydrogens is 1020 g/mol. The molecule has 12 heteroatoms. The smallest absolute Gasteiger partial charge is 0.187 e. The first-order valence-corrected chi connectivity index (χ1v) is 27.0. The van der Waals surface area contributed by atoms with Crippen LogP contribution in [-0.4, -0.2) is 79.7 Å². The minimum Gasteiger partial charge on any atom is -0.374 e. The van der Waals surface area contributed by atoms with Gasteiger partial charge < -0.3 is 52.1 Å². The summed E-state index contributed by atoms with van der Waals surface area (Å²) in [5.41, 5.74) is 6.93. The molecule has 0 unspecified atom stereocenters. The van der Waals surface area contributed by atoms with E-state index in [-0.39, 0.29) is 46.2 Å². The molecule has 0 amide bonds. The molecule has 3 aliphatic rings. The monoisotopic (exact) mass is 1090 g/mol. The molecule has 1 saturated carbocycles. The van der Waals surface area contributed by atoms with Gasteiger partial charge in [0, 0.05) is 4.47 Å². The van der Waals surface area contributed by atoms with Crippen LogP contribution in [0.25, 0.3) is 0 Å². The second-order valence-corrected chi connectivity index (χ2v) is 20.8. The summed E-state index contributed by atoms with van der Waals surface area (Å²) in [5, 5.41) is 0. The molecule has 2 saturated heterocycles. The molecule has 7 aromatic rings. The number of benzene rings is 7. The lowest BCUT2D eigenvalue weighted by Crippen LogP contribution is -2.68. The van der Waals surface area contributed by atoms with Crippen molar-refractivity contribution in [3.8, 4) is 0 Å². The van der Waals surface area contributed by atoms with Crippen LogP contribution in [0, 0.1) is 0 Å². The lowest BCUT2D eigenvalue weighted by molar-refractivity contribution is -0.357. The molecule has 11 nitrogen and oxygen atoms in total. The molecule has 11 atom stereocenters. The molecule has 0 bridgehead atoms. The van der Waals surface area contributed by atoms with Crippen LogP contribution in [0.15, 0.2) is 211 Å². The Labute approximate surface area is 455 Å². The van der Waals surface area contributed by atoms with Gasteiger partial charge in [0.2, 0.25) is 0 Å². The second kappa shape index (κ2) is 26.8. The molecule has 0 radical (unpaired) electrons. The van der Waals surface area contributed by atoms with Crippen molar-refractivity contribution in [1.82, 2.24) is 0 Å². The highest BCUT2D eigenvalue weighted by Gasteiger charge is 2.62. The largest absolute Gasteiger partial charge is 0.374 e. The molecule has 3 fully saturated rings. The van der Waals surface area contributed by atoms with Gasteiger partial charge in [-0.15, -0.1) is 0 Å².